The van der Waals surface area contributed by atoms with Crippen LogP contribution in [0, 0.1) is 0 Å². The Morgan fingerprint density at radius 1 is 1.12 bits per heavy atom. The van der Waals surface area contributed by atoms with Crippen LogP contribution < -0.4 is 22.5 Å². The van der Waals surface area contributed by atoms with Crippen LogP contribution >= 0.6 is 11.8 Å². The van der Waals surface area contributed by atoms with Gasteiger partial charge in [0.1, 0.15) is 12.2 Å². The molecule has 0 saturated heterocycles. The number of aliphatic hydroxyl groups excluding tert-OH is 1. The molecule has 1 aliphatic carbocycles. The molecule has 3 rings (SSSR count). The molecule has 190 valence electrons. The summed E-state index contributed by atoms with van der Waals surface area (Å²) < 4.78 is 50.9. The molecule has 0 aliphatic heterocycles. The van der Waals surface area contributed by atoms with Gasteiger partial charge in [-0.2, -0.15) is 13.2 Å². The summed E-state index contributed by atoms with van der Waals surface area (Å²) in [6.07, 6.45) is -3.95. The fourth-order valence-electron chi connectivity index (χ4n) is 3.90. The van der Waals surface area contributed by atoms with Gasteiger partial charge in [-0.3, -0.25) is 4.98 Å². The average molecular weight is 504 g/mol. The smallest absolute Gasteiger partial charge is 0.389 e. The average Bonchev–Trinajstić information content (AvgIpc) is 2.80. The Bertz CT molecular complexity index is 923. The second-order valence-electron chi connectivity index (χ2n) is 8.21. The highest BCUT2D eigenvalue weighted by molar-refractivity contribution is 7.99. The van der Waals surface area contributed by atoms with Gasteiger partial charge in [-0.15, -0.1) is 0 Å². The maximum atomic E-state index is 13.0. The van der Waals surface area contributed by atoms with Crippen LogP contribution in [-0.4, -0.2) is 72.7 Å². The molecule has 1 aromatic carbocycles. The summed E-state index contributed by atoms with van der Waals surface area (Å²) in [5.41, 5.74) is 17.3. The van der Waals surface area contributed by atoms with Crippen LogP contribution in [-0.2, 0) is 15.7 Å². The number of aromatic nitrogens is 1. The summed E-state index contributed by atoms with van der Waals surface area (Å²) in [4.78, 5) is 4.79. The lowest BCUT2D eigenvalue weighted by Crippen LogP contribution is -2.63. The first-order chi connectivity index (χ1) is 16.2. The first-order valence-electron chi connectivity index (χ1n) is 11.1. The van der Waals surface area contributed by atoms with Crippen molar-refractivity contribution < 1.29 is 27.8 Å². The first kappa shape index (κ1) is 27.1. The Labute approximate surface area is 200 Å². The second kappa shape index (κ2) is 12.5. The molecule has 12 heteroatoms. The molecule has 1 saturated carbocycles. The minimum Gasteiger partial charge on any atom is -0.389 e. The van der Waals surface area contributed by atoms with Crippen molar-refractivity contribution in [2.24, 2.45) is 17.2 Å². The second-order valence-corrected chi connectivity index (χ2v) is 9.18. The van der Waals surface area contributed by atoms with Gasteiger partial charge in [0, 0.05) is 35.1 Å². The minimum absolute atomic E-state index is 0.162. The fourth-order valence-corrected chi connectivity index (χ4v) is 4.74. The van der Waals surface area contributed by atoms with E-state index < -0.39 is 42.1 Å². The molecule has 1 fully saturated rings. The molecule has 0 radical (unpaired) electrons. The van der Waals surface area contributed by atoms with Crippen molar-refractivity contribution in [3.8, 4) is 0 Å². The maximum absolute atomic E-state index is 13.0. The molecule has 2 unspecified atom stereocenters. The molecule has 1 aliphatic rings. The van der Waals surface area contributed by atoms with Crippen LogP contribution in [0.2, 0.25) is 0 Å². The molecule has 1 aromatic heterocycles. The number of pyridine rings is 1. The standard InChI is InChI=1S/C22H32F3N5O3S/c23-22(24,25)13-2-3-14-17(10-13)30-7-4-18(14)34-12-33-20-16(28)11-15(27)19(31)21(20)32-9-8-29-6-1-5-26/h2-4,7,10,15-16,19-21,29,31H,1,5-6,8-9,11-12,26-28H2/t15-,16?,19-,20+,21?/m1/s1. The predicted molar refractivity (Wildman–Crippen MR) is 125 cm³/mol. The van der Waals surface area contributed by atoms with E-state index in [0.717, 1.165) is 30.0 Å². The van der Waals surface area contributed by atoms with E-state index in [1.54, 1.807) is 6.07 Å². The Morgan fingerprint density at radius 3 is 2.65 bits per heavy atom. The number of benzene rings is 1. The highest BCUT2D eigenvalue weighted by Crippen LogP contribution is 2.34. The Morgan fingerprint density at radius 2 is 1.91 bits per heavy atom. The number of aliphatic hydroxyl groups is 1. The van der Waals surface area contributed by atoms with E-state index in [0.29, 0.717) is 31.5 Å². The zero-order valence-corrected chi connectivity index (χ0v) is 19.5. The monoisotopic (exact) mass is 503 g/mol. The van der Waals surface area contributed by atoms with Gasteiger partial charge >= 0.3 is 6.18 Å². The van der Waals surface area contributed by atoms with Crippen LogP contribution in [0.4, 0.5) is 13.2 Å². The van der Waals surface area contributed by atoms with E-state index in [-0.39, 0.29) is 11.5 Å². The molecule has 5 atom stereocenters. The van der Waals surface area contributed by atoms with Crippen LogP contribution in [0.1, 0.15) is 18.4 Å². The van der Waals surface area contributed by atoms with Crippen LogP contribution in [0.5, 0.6) is 0 Å². The van der Waals surface area contributed by atoms with Crippen LogP contribution in [0.15, 0.2) is 35.4 Å². The van der Waals surface area contributed by atoms with Crippen molar-refractivity contribution in [2.75, 3.05) is 32.2 Å². The summed E-state index contributed by atoms with van der Waals surface area (Å²) in [7, 11) is 0. The number of alkyl halides is 3. The van der Waals surface area contributed by atoms with Crippen LogP contribution in [0.25, 0.3) is 10.9 Å². The van der Waals surface area contributed by atoms with Crippen molar-refractivity contribution >= 4 is 22.7 Å². The topological polar surface area (TPSA) is 142 Å². The Balaban J connectivity index is 1.62. The molecule has 0 spiro atoms. The van der Waals surface area contributed by atoms with Gasteiger partial charge in [-0.05, 0) is 44.1 Å². The number of hydrogen-bond donors (Lipinski definition) is 5. The van der Waals surface area contributed by atoms with Gasteiger partial charge < -0.3 is 37.1 Å². The third-order valence-electron chi connectivity index (χ3n) is 5.72. The van der Waals surface area contributed by atoms with E-state index in [1.165, 1.54) is 24.0 Å². The number of fused-ring (bicyclic) bond motifs is 1. The van der Waals surface area contributed by atoms with Crippen molar-refractivity contribution in [3.05, 3.63) is 36.0 Å². The van der Waals surface area contributed by atoms with Gasteiger partial charge in [0.15, 0.2) is 0 Å². The number of rotatable bonds is 11. The van der Waals surface area contributed by atoms with Gasteiger partial charge in [0.2, 0.25) is 0 Å². The summed E-state index contributed by atoms with van der Waals surface area (Å²) >= 11 is 1.31. The highest BCUT2D eigenvalue weighted by atomic mass is 32.2. The van der Waals surface area contributed by atoms with Crippen LogP contribution in [0.3, 0.4) is 0 Å². The van der Waals surface area contributed by atoms with E-state index >= 15 is 0 Å². The zero-order chi connectivity index (χ0) is 24.7. The number of hydrogen-bond acceptors (Lipinski definition) is 9. The van der Waals surface area contributed by atoms with Gasteiger partial charge in [-0.25, -0.2) is 0 Å². The first-order valence-corrected chi connectivity index (χ1v) is 12.1. The largest absolute Gasteiger partial charge is 0.416 e. The number of halogens is 3. The molecular formula is C22H32F3N5O3S. The van der Waals surface area contributed by atoms with Crippen molar-refractivity contribution in [1.82, 2.24) is 10.3 Å². The zero-order valence-electron chi connectivity index (χ0n) is 18.7. The highest BCUT2D eigenvalue weighted by Gasteiger charge is 2.43. The molecule has 34 heavy (non-hydrogen) atoms. The number of thioether (sulfide) groups is 1. The predicted octanol–water partition coefficient (Wildman–Crippen LogP) is 1.43. The van der Waals surface area contributed by atoms with Crippen molar-refractivity contribution in [3.63, 3.8) is 0 Å². The van der Waals surface area contributed by atoms with E-state index in [4.69, 9.17) is 26.7 Å². The summed E-state index contributed by atoms with van der Waals surface area (Å²) in [6.45, 7) is 2.29. The van der Waals surface area contributed by atoms with E-state index in [2.05, 4.69) is 10.3 Å². The molecule has 2 aromatic rings. The Kier molecular flexibility index (Phi) is 9.92. The fraction of sp³-hybridized carbons (Fsp3) is 0.591. The molecule has 0 amide bonds. The minimum atomic E-state index is -4.43. The number of nitrogens with two attached hydrogens (primary N) is 3. The molecule has 8 N–H and O–H groups in total. The molecule has 1 heterocycles. The van der Waals surface area contributed by atoms with E-state index in [1.807, 2.05) is 0 Å². The summed E-state index contributed by atoms with van der Waals surface area (Å²) in [5.74, 6) is 0.162. The number of nitrogens with one attached hydrogen (secondary N) is 1. The van der Waals surface area contributed by atoms with Gasteiger partial charge in [0.25, 0.3) is 0 Å². The summed E-state index contributed by atoms with van der Waals surface area (Å²) in [6, 6.07) is 4.24. The number of ether oxygens (including phenoxy) is 2. The van der Waals surface area contributed by atoms with Gasteiger partial charge in [-0.1, -0.05) is 17.8 Å². The molecular weight excluding hydrogens is 471 g/mol. The lowest BCUT2D eigenvalue weighted by Gasteiger charge is -2.42. The van der Waals surface area contributed by atoms with Crippen molar-refractivity contribution in [1.29, 1.82) is 0 Å². The SMILES string of the molecule is NCCCNCCOC1[C@@H](OCSc2ccnc3cc(C(F)(F)F)ccc23)C(N)C[C@@H](N)[C@H]1O. The lowest BCUT2D eigenvalue weighted by atomic mass is 9.84. The third kappa shape index (κ3) is 7.01. The van der Waals surface area contributed by atoms with Crippen molar-refractivity contribution in [2.45, 2.75) is 54.3 Å². The lowest BCUT2D eigenvalue weighted by molar-refractivity contribution is -0.145. The third-order valence-corrected chi connectivity index (χ3v) is 6.64. The van der Waals surface area contributed by atoms with Gasteiger partial charge in [0.05, 0.1) is 29.7 Å². The maximum Gasteiger partial charge on any atom is 0.416 e. The number of nitrogens with zero attached hydrogens (tertiary/aromatic N) is 1. The summed E-state index contributed by atoms with van der Waals surface area (Å²) in [5, 5.41) is 14.4. The van der Waals surface area contributed by atoms with E-state index in [9.17, 15) is 18.3 Å². The normalized spacial score (nSPS) is 25.7. The quantitative estimate of drug-likeness (QED) is 0.175. The Hall–Kier alpha value is -1.51. The molecule has 8 nitrogen and oxygen atoms in total. The molecule has 0 bridgehead atoms.